The molecule has 5 heteroatoms. The standard InChI is InChI=1S/C19H22N4O/c1-15(21-19(24)11-10-17-9-6-12-22(17)2)16-13-20-23(14-16)18-7-4-3-5-8-18/h3-9,12-15H,10-11H2,1-2H3,(H,21,24). The van der Waals surface area contributed by atoms with Crippen LogP contribution < -0.4 is 5.32 Å². The third-order valence-electron chi connectivity index (χ3n) is 4.16. The molecule has 2 heterocycles. The molecule has 24 heavy (non-hydrogen) atoms. The van der Waals surface area contributed by atoms with E-state index >= 15 is 0 Å². The van der Waals surface area contributed by atoms with Crippen molar-refractivity contribution in [1.82, 2.24) is 19.7 Å². The maximum Gasteiger partial charge on any atom is 0.220 e. The zero-order chi connectivity index (χ0) is 16.9. The van der Waals surface area contributed by atoms with Gasteiger partial charge in [0.1, 0.15) is 0 Å². The van der Waals surface area contributed by atoms with E-state index in [9.17, 15) is 4.79 Å². The van der Waals surface area contributed by atoms with E-state index in [1.54, 1.807) is 6.20 Å². The fourth-order valence-electron chi connectivity index (χ4n) is 2.68. The van der Waals surface area contributed by atoms with Gasteiger partial charge in [-0.2, -0.15) is 5.10 Å². The largest absolute Gasteiger partial charge is 0.354 e. The summed E-state index contributed by atoms with van der Waals surface area (Å²) in [5.41, 5.74) is 3.16. The van der Waals surface area contributed by atoms with Crippen LogP contribution in [0.4, 0.5) is 0 Å². The molecule has 0 spiro atoms. The van der Waals surface area contributed by atoms with Gasteiger partial charge in [0.05, 0.1) is 17.9 Å². The van der Waals surface area contributed by atoms with Gasteiger partial charge in [0.2, 0.25) is 5.91 Å². The molecule has 1 aromatic carbocycles. The SMILES string of the molecule is CC(NC(=O)CCc1cccn1C)c1cnn(-c2ccccc2)c1. The summed E-state index contributed by atoms with van der Waals surface area (Å²) in [5, 5.41) is 7.42. The van der Waals surface area contributed by atoms with Crippen molar-refractivity contribution in [2.75, 3.05) is 0 Å². The number of aryl methyl sites for hydroxylation is 2. The summed E-state index contributed by atoms with van der Waals surface area (Å²) >= 11 is 0. The van der Waals surface area contributed by atoms with E-state index in [2.05, 4.69) is 10.4 Å². The van der Waals surface area contributed by atoms with Crippen molar-refractivity contribution >= 4 is 5.91 Å². The minimum atomic E-state index is -0.0663. The van der Waals surface area contributed by atoms with Gasteiger partial charge in [-0.1, -0.05) is 18.2 Å². The average Bonchev–Trinajstić information content (AvgIpc) is 3.23. The number of nitrogens with zero attached hydrogens (tertiary/aromatic N) is 3. The van der Waals surface area contributed by atoms with Crippen molar-refractivity contribution < 1.29 is 4.79 Å². The third-order valence-corrected chi connectivity index (χ3v) is 4.16. The second-order valence-electron chi connectivity index (χ2n) is 5.95. The van der Waals surface area contributed by atoms with Gasteiger partial charge in [-0.05, 0) is 37.6 Å². The average molecular weight is 322 g/mol. The fraction of sp³-hybridized carbons (Fsp3) is 0.263. The van der Waals surface area contributed by atoms with E-state index < -0.39 is 0 Å². The van der Waals surface area contributed by atoms with E-state index in [0.29, 0.717) is 6.42 Å². The topological polar surface area (TPSA) is 51.9 Å². The molecule has 1 unspecified atom stereocenters. The van der Waals surface area contributed by atoms with E-state index in [1.807, 2.05) is 78.1 Å². The molecule has 1 atom stereocenters. The Morgan fingerprint density at radius 2 is 2.00 bits per heavy atom. The van der Waals surface area contributed by atoms with Crippen LogP contribution >= 0.6 is 0 Å². The van der Waals surface area contributed by atoms with Gasteiger partial charge in [0.15, 0.2) is 0 Å². The van der Waals surface area contributed by atoms with Gasteiger partial charge in [0.25, 0.3) is 0 Å². The highest BCUT2D eigenvalue weighted by molar-refractivity contribution is 5.76. The van der Waals surface area contributed by atoms with Gasteiger partial charge >= 0.3 is 0 Å². The quantitative estimate of drug-likeness (QED) is 0.758. The number of hydrogen-bond acceptors (Lipinski definition) is 2. The molecule has 1 amide bonds. The van der Waals surface area contributed by atoms with Crippen LogP contribution in [-0.2, 0) is 18.3 Å². The smallest absolute Gasteiger partial charge is 0.220 e. The van der Waals surface area contributed by atoms with Crippen LogP contribution in [0.15, 0.2) is 61.1 Å². The van der Waals surface area contributed by atoms with Crippen LogP contribution in [0.25, 0.3) is 5.69 Å². The highest BCUT2D eigenvalue weighted by atomic mass is 16.1. The number of amides is 1. The molecule has 0 aliphatic rings. The molecule has 124 valence electrons. The zero-order valence-corrected chi connectivity index (χ0v) is 14.0. The highest BCUT2D eigenvalue weighted by Crippen LogP contribution is 2.14. The summed E-state index contributed by atoms with van der Waals surface area (Å²) in [5.74, 6) is 0.0520. The van der Waals surface area contributed by atoms with E-state index in [4.69, 9.17) is 0 Å². The maximum atomic E-state index is 12.2. The first kappa shape index (κ1) is 16.1. The summed E-state index contributed by atoms with van der Waals surface area (Å²) < 4.78 is 3.86. The van der Waals surface area contributed by atoms with Crippen molar-refractivity contribution in [3.05, 3.63) is 72.3 Å². The van der Waals surface area contributed by atoms with E-state index in [-0.39, 0.29) is 11.9 Å². The Morgan fingerprint density at radius 3 is 2.71 bits per heavy atom. The van der Waals surface area contributed by atoms with Crippen molar-refractivity contribution in [1.29, 1.82) is 0 Å². The number of carbonyl (C=O) groups excluding carboxylic acids is 1. The predicted molar refractivity (Wildman–Crippen MR) is 93.9 cm³/mol. The lowest BCUT2D eigenvalue weighted by Gasteiger charge is -2.12. The molecule has 0 aliphatic heterocycles. The van der Waals surface area contributed by atoms with Gasteiger partial charge in [-0.25, -0.2) is 4.68 Å². The number of nitrogens with one attached hydrogen (secondary N) is 1. The molecule has 5 nitrogen and oxygen atoms in total. The van der Waals surface area contributed by atoms with Crippen molar-refractivity contribution in [2.24, 2.45) is 7.05 Å². The molecule has 0 saturated heterocycles. The van der Waals surface area contributed by atoms with Crippen molar-refractivity contribution in [2.45, 2.75) is 25.8 Å². The Balaban J connectivity index is 1.57. The van der Waals surface area contributed by atoms with E-state index in [0.717, 1.165) is 23.4 Å². The molecular weight excluding hydrogens is 300 g/mol. The third kappa shape index (κ3) is 3.74. The first-order valence-corrected chi connectivity index (χ1v) is 8.13. The Morgan fingerprint density at radius 1 is 1.21 bits per heavy atom. The minimum Gasteiger partial charge on any atom is -0.354 e. The number of carbonyl (C=O) groups is 1. The summed E-state index contributed by atoms with van der Waals surface area (Å²) in [6.45, 7) is 1.98. The lowest BCUT2D eigenvalue weighted by atomic mass is 10.1. The van der Waals surface area contributed by atoms with Crippen molar-refractivity contribution in [3.63, 3.8) is 0 Å². The summed E-state index contributed by atoms with van der Waals surface area (Å²) in [4.78, 5) is 12.2. The van der Waals surface area contributed by atoms with Crippen LogP contribution in [0.2, 0.25) is 0 Å². The molecular formula is C19H22N4O. The Hall–Kier alpha value is -2.82. The van der Waals surface area contributed by atoms with Crippen LogP contribution in [0, 0.1) is 0 Å². The molecule has 2 aromatic heterocycles. The number of hydrogen-bond donors (Lipinski definition) is 1. The van der Waals surface area contributed by atoms with Gasteiger partial charge in [-0.15, -0.1) is 0 Å². The van der Waals surface area contributed by atoms with Gasteiger partial charge < -0.3 is 9.88 Å². The molecule has 0 fully saturated rings. The Bertz CT molecular complexity index is 804. The Kier molecular flexibility index (Phi) is 4.79. The fourth-order valence-corrected chi connectivity index (χ4v) is 2.68. The van der Waals surface area contributed by atoms with Crippen LogP contribution in [0.1, 0.15) is 30.6 Å². The van der Waals surface area contributed by atoms with Crippen LogP contribution in [0.3, 0.4) is 0 Å². The molecule has 3 aromatic rings. The monoisotopic (exact) mass is 322 g/mol. The van der Waals surface area contributed by atoms with Crippen molar-refractivity contribution in [3.8, 4) is 5.69 Å². The van der Waals surface area contributed by atoms with Gasteiger partial charge in [-0.3, -0.25) is 4.79 Å². The van der Waals surface area contributed by atoms with E-state index in [1.165, 1.54) is 0 Å². The number of aromatic nitrogens is 3. The molecule has 1 N–H and O–H groups in total. The zero-order valence-electron chi connectivity index (χ0n) is 14.0. The predicted octanol–water partition coefficient (Wildman–Crippen LogP) is 3.02. The number of para-hydroxylation sites is 1. The van der Waals surface area contributed by atoms with Crippen LogP contribution in [0.5, 0.6) is 0 Å². The summed E-state index contributed by atoms with van der Waals surface area (Å²) in [6, 6.07) is 13.9. The molecule has 0 aliphatic carbocycles. The second kappa shape index (κ2) is 7.17. The number of rotatable bonds is 6. The lowest BCUT2D eigenvalue weighted by molar-refractivity contribution is -0.121. The second-order valence-corrected chi connectivity index (χ2v) is 5.95. The molecule has 0 bridgehead atoms. The molecule has 3 rings (SSSR count). The highest BCUT2D eigenvalue weighted by Gasteiger charge is 2.12. The first-order valence-electron chi connectivity index (χ1n) is 8.13. The summed E-state index contributed by atoms with van der Waals surface area (Å²) in [6.07, 6.45) is 6.97. The van der Waals surface area contributed by atoms with Crippen LogP contribution in [-0.4, -0.2) is 20.3 Å². The summed E-state index contributed by atoms with van der Waals surface area (Å²) in [7, 11) is 1.99. The maximum absolute atomic E-state index is 12.2. The number of benzene rings is 1. The minimum absolute atomic E-state index is 0.0520. The van der Waals surface area contributed by atoms with Gasteiger partial charge in [0, 0.05) is 37.1 Å². The normalized spacial score (nSPS) is 12.1. The lowest BCUT2D eigenvalue weighted by Crippen LogP contribution is -2.26. The molecule has 0 radical (unpaired) electrons. The first-order chi connectivity index (χ1) is 11.6. The Labute approximate surface area is 141 Å². The molecule has 0 saturated carbocycles.